The minimum Gasteiger partial charge on any atom is -0.336 e. The van der Waals surface area contributed by atoms with Crippen molar-refractivity contribution in [1.29, 1.82) is 0 Å². The van der Waals surface area contributed by atoms with E-state index in [1.165, 1.54) is 16.7 Å². The molecule has 1 aromatic carbocycles. The Labute approximate surface area is 133 Å². The normalized spacial score (nSPS) is 14.5. The zero-order chi connectivity index (χ0) is 15.7. The molecule has 0 atom stereocenters. The summed E-state index contributed by atoms with van der Waals surface area (Å²) < 4.78 is 0. The monoisotopic (exact) mass is 315 g/mol. The largest absolute Gasteiger partial charge is 0.336 e. The number of imide groups is 1. The Hall–Kier alpha value is -2.08. The van der Waals surface area contributed by atoms with Gasteiger partial charge in [0.1, 0.15) is 0 Å². The first-order chi connectivity index (χ1) is 10.6. The fourth-order valence-electron chi connectivity index (χ4n) is 2.53. The van der Waals surface area contributed by atoms with E-state index >= 15 is 0 Å². The summed E-state index contributed by atoms with van der Waals surface area (Å²) in [6.45, 7) is 5.05. The highest BCUT2D eigenvalue weighted by Crippen LogP contribution is 2.25. The summed E-state index contributed by atoms with van der Waals surface area (Å²) >= 11 is 1.37. The molecule has 2 heterocycles. The third-order valence-electron chi connectivity index (χ3n) is 3.73. The number of benzene rings is 1. The number of carbonyl (C=O) groups excluding carboxylic acids is 2. The van der Waals surface area contributed by atoms with Crippen LogP contribution in [0.1, 0.15) is 11.1 Å². The van der Waals surface area contributed by atoms with Gasteiger partial charge in [0.15, 0.2) is 0 Å². The Balaban J connectivity index is 1.78. The van der Waals surface area contributed by atoms with E-state index in [1.807, 2.05) is 32.0 Å². The number of pyridine rings is 1. The van der Waals surface area contributed by atoms with Crippen LogP contribution >= 0.6 is 11.8 Å². The van der Waals surface area contributed by atoms with Gasteiger partial charge in [-0.05, 0) is 31.0 Å². The molecule has 1 saturated heterocycles. The Kier molecular flexibility index (Phi) is 4.02. The van der Waals surface area contributed by atoms with Gasteiger partial charge in [-0.15, -0.1) is 0 Å². The smallest absolute Gasteiger partial charge is 0.324 e. The van der Waals surface area contributed by atoms with Crippen LogP contribution in [0, 0.1) is 13.8 Å². The summed E-state index contributed by atoms with van der Waals surface area (Å²) in [7, 11) is 0. The molecule has 2 aromatic rings. The van der Waals surface area contributed by atoms with E-state index < -0.39 is 0 Å². The lowest BCUT2D eigenvalue weighted by atomic mass is 10.1. The van der Waals surface area contributed by atoms with Gasteiger partial charge in [-0.25, -0.2) is 9.78 Å². The van der Waals surface area contributed by atoms with Crippen molar-refractivity contribution in [2.24, 2.45) is 0 Å². The zero-order valence-electron chi connectivity index (χ0n) is 12.5. The van der Waals surface area contributed by atoms with Crippen LogP contribution in [-0.4, -0.2) is 40.7 Å². The van der Waals surface area contributed by atoms with Crippen molar-refractivity contribution < 1.29 is 9.59 Å². The van der Waals surface area contributed by atoms with Gasteiger partial charge in [0.05, 0.1) is 16.3 Å². The molecule has 5 nitrogen and oxygen atoms in total. The maximum Gasteiger partial charge on any atom is 0.324 e. The molecule has 0 radical (unpaired) electrons. The van der Waals surface area contributed by atoms with Crippen LogP contribution in [0.2, 0.25) is 0 Å². The molecular formula is C16H17N3O2S. The highest BCUT2D eigenvalue weighted by atomic mass is 32.2. The molecule has 1 fully saturated rings. The Morgan fingerprint density at radius 3 is 2.91 bits per heavy atom. The molecule has 0 aliphatic carbocycles. The van der Waals surface area contributed by atoms with E-state index in [9.17, 15) is 9.59 Å². The fraction of sp³-hybridized carbons (Fsp3) is 0.312. The molecule has 3 amide bonds. The van der Waals surface area contributed by atoms with Crippen LogP contribution in [0.3, 0.4) is 0 Å². The van der Waals surface area contributed by atoms with Crippen molar-refractivity contribution in [1.82, 2.24) is 15.2 Å². The maximum atomic E-state index is 12.1. The number of urea groups is 1. The molecular weight excluding hydrogens is 298 g/mol. The zero-order valence-corrected chi connectivity index (χ0v) is 13.4. The van der Waals surface area contributed by atoms with Crippen molar-refractivity contribution in [3.63, 3.8) is 0 Å². The van der Waals surface area contributed by atoms with E-state index in [1.54, 1.807) is 0 Å². The summed E-state index contributed by atoms with van der Waals surface area (Å²) in [5.41, 5.74) is 3.23. The second-order valence-corrected chi connectivity index (χ2v) is 6.31. The summed E-state index contributed by atoms with van der Waals surface area (Å²) in [6.07, 6.45) is 0. The van der Waals surface area contributed by atoms with Gasteiger partial charge in [-0.1, -0.05) is 30.0 Å². The quantitative estimate of drug-likeness (QED) is 0.884. The second-order valence-electron chi connectivity index (χ2n) is 5.31. The third-order valence-corrected chi connectivity index (χ3v) is 4.62. The molecule has 6 heteroatoms. The SMILES string of the molecule is Cc1cc(SCC(=O)N2CCNC2=O)nc2c(C)cccc12. The standard InChI is InChI=1S/C16H17N3O2S/c1-10-4-3-5-12-11(2)8-13(18-15(10)12)22-9-14(20)19-7-6-17-16(19)21/h3-5,8H,6-7,9H2,1-2H3,(H,17,21). The highest BCUT2D eigenvalue weighted by molar-refractivity contribution is 7.99. The van der Waals surface area contributed by atoms with Crippen LogP contribution in [0.15, 0.2) is 29.3 Å². The number of rotatable bonds is 3. The molecule has 1 aromatic heterocycles. The molecule has 0 unspecified atom stereocenters. The van der Waals surface area contributed by atoms with Crippen LogP contribution in [0.25, 0.3) is 10.9 Å². The van der Waals surface area contributed by atoms with Crippen molar-refractivity contribution in [3.8, 4) is 0 Å². The summed E-state index contributed by atoms with van der Waals surface area (Å²) in [6, 6.07) is 7.80. The number of aryl methyl sites for hydroxylation is 2. The van der Waals surface area contributed by atoms with Gasteiger partial charge in [0.2, 0.25) is 5.91 Å². The minimum atomic E-state index is -0.302. The van der Waals surface area contributed by atoms with Crippen molar-refractivity contribution >= 4 is 34.6 Å². The van der Waals surface area contributed by atoms with Crippen molar-refractivity contribution in [2.75, 3.05) is 18.8 Å². The first kappa shape index (κ1) is 14.8. The second kappa shape index (κ2) is 5.96. The molecule has 0 bridgehead atoms. The summed E-state index contributed by atoms with van der Waals surface area (Å²) in [5, 5.41) is 4.58. The molecule has 114 valence electrons. The topological polar surface area (TPSA) is 62.3 Å². The van der Waals surface area contributed by atoms with E-state index in [0.29, 0.717) is 13.1 Å². The molecule has 0 spiro atoms. The molecule has 0 saturated carbocycles. The molecule has 1 aliphatic rings. The molecule has 22 heavy (non-hydrogen) atoms. The average molecular weight is 315 g/mol. The van der Waals surface area contributed by atoms with Gasteiger partial charge in [-0.2, -0.15) is 0 Å². The van der Waals surface area contributed by atoms with E-state index in [2.05, 4.69) is 16.4 Å². The number of carbonyl (C=O) groups is 2. The van der Waals surface area contributed by atoms with Crippen LogP contribution in [-0.2, 0) is 4.79 Å². The first-order valence-corrected chi connectivity index (χ1v) is 8.13. The number of nitrogens with one attached hydrogen (secondary N) is 1. The number of thioether (sulfide) groups is 1. The number of fused-ring (bicyclic) bond motifs is 1. The fourth-order valence-corrected chi connectivity index (χ4v) is 3.37. The van der Waals surface area contributed by atoms with Crippen molar-refractivity contribution in [3.05, 3.63) is 35.4 Å². The summed E-state index contributed by atoms with van der Waals surface area (Å²) in [5.74, 6) is 0.0429. The lowest BCUT2D eigenvalue weighted by molar-refractivity contribution is -0.124. The average Bonchev–Trinajstić information content (AvgIpc) is 2.92. The van der Waals surface area contributed by atoms with E-state index in [4.69, 9.17) is 0 Å². The van der Waals surface area contributed by atoms with Crippen molar-refractivity contribution in [2.45, 2.75) is 18.9 Å². The maximum absolute atomic E-state index is 12.1. The Morgan fingerprint density at radius 2 is 2.18 bits per heavy atom. The van der Waals surface area contributed by atoms with Gasteiger partial charge in [-0.3, -0.25) is 9.69 Å². The van der Waals surface area contributed by atoms with Gasteiger partial charge >= 0.3 is 6.03 Å². The molecule has 3 rings (SSSR count). The Bertz CT molecular complexity index is 760. The number of hydrogen-bond donors (Lipinski definition) is 1. The molecule has 1 N–H and O–H groups in total. The number of aromatic nitrogens is 1. The Morgan fingerprint density at radius 1 is 1.36 bits per heavy atom. The van der Waals surface area contributed by atoms with Gasteiger partial charge < -0.3 is 5.32 Å². The van der Waals surface area contributed by atoms with Gasteiger partial charge in [0.25, 0.3) is 0 Å². The summed E-state index contributed by atoms with van der Waals surface area (Å²) in [4.78, 5) is 29.4. The number of nitrogens with zero attached hydrogens (tertiary/aromatic N) is 2. The van der Waals surface area contributed by atoms with Crippen LogP contribution < -0.4 is 5.32 Å². The number of amides is 3. The van der Waals surface area contributed by atoms with E-state index in [0.717, 1.165) is 27.1 Å². The number of para-hydroxylation sites is 1. The van der Waals surface area contributed by atoms with Crippen LogP contribution in [0.4, 0.5) is 4.79 Å². The van der Waals surface area contributed by atoms with E-state index in [-0.39, 0.29) is 17.7 Å². The highest BCUT2D eigenvalue weighted by Gasteiger charge is 2.25. The number of hydrogen-bond acceptors (Lipinski definition) is 4. The minimum absolute atomic E-state index is 0.177. The molecule has 1 aliphatic heterocycles. The predicted octanol–water partition coefficient (Wildman–Crippen LogP) is 2.50. The van der Waals surface area contributed by atoms with Gasteiger partial charge in [0, 0.05) is 18.5 Å². The van der Waals surface area contributed by atoms with Crippen LogP contribution in [0.5, 0.6) is 0 Å². The third kappa shape index (κ3) is 2.78. The lowest BCUT2D eigenvalue weighted by Gasteiger charge is -2.12. The predicted molar refractivity (Wildman–Crippen MR) is 87.1 cm³/mol. The first-order valence-electron chi connectivity index (χ1n) is 7.14. The lowest BCUT2D eigenvalue weighted by Crippen LogP contribution is -2.35.